The number of aliphatic hydroxyl groups excluding tert-OH is 2. The van der Waals surface area contributed by atoms with Gasteiger partial charge in [-0.2, -0.15) is 0 Å². The fourth-order valence-corrected chi connectivity index (χ4v) is 7.80. The van der Waals surface area contributed by atoms with Crippen molar-refractivity contribution >= 4 is 28.8 Å². The third-order valence-corrected chi connectivity index (χ3v) is 9.69. The molecule has 4 N–H and O–H groups in total. The van der Waals surface area contributed by atoms with Crippen molar-refractivity contribution < 1.29 is 39.5 Å². The van der Waals surface area contributed by atoms with Crippen molar-refractivity contribution in [3.05, 3.63) is 39.7 Å². The summed E-state index contributed by atoms with van der Waals surface area (Å²) in [5.74, 6) is -5.53. The van der Waals surface area contributed by atoms with Crippen molar-refractivity contribution in [1.82, 2.24) is 9.80 Å². The Morgan fingerprint density at radius 1 is 1.12 bits per heavy atom. The number of fused-ring (bicyclic) bond motifs is 3. The molecule has 0 radical (unpaired) electrons. The molecule has 0 bridgehead atoms. The Labute approximate surface area is 238 Å². The number of anilines is 1. The molecule has 1 saturated carbocycles. The van der Waals surface area contributed by atoms with E-state index in [2.05, 4.69) is 4.90 Å². The van der Waals surface area contributed by atoms with Gasteiger partial charge < -0.3 is 30.1 Å². The van der Waals surface area contributed by atoms with Crippen LogP contribution in [0, 0.1) is 17.3 Å². The molecule has 3 fully saturated rings. The van der Waals surface area contributed by atoms with Gasteiger partial charge in [0.25, 0.3) is 0 Å². The molecule has 5 aliphatic rings. The molecule has 4 atom stereocenters. The molecule has 1 spiro atoms. The van der Waals surface area contributed by atoms with Gasteiger partial charge in [-0.25, -0.2) is 0 Å². The first-order valence-electron chi connectivity index (χ1n) is 13.9. The first-order chi connectivity index (χ1) is 19.2. The van der Waals surface area contributed by atoms with Crippen LogP contribution < -0.4 is 4.90 Å². The second-order valence-corrected chi connectivity index (χ2v) is 12.9. The van der Waals surface area contributed by atoms with Crippen LogP contribution in [0.15, 0.2) is 23.0 Å². The fourth-order valence-electron chi connectivity index (χ4n) is 7.80. The molecule has 11 nitrogen and oxygen atoms in total. The normalized spacial score (nSPS) is 30.6. The van der Waals surface area contributed by atoms with E-state index in [0.717, 1.165) is 38.9 Å². The molecule has 0 amide bonds. The molecule has 6 rings (SSSR count). The van der Waals surface area contributed by atoms with Gasteiger partial charge in [0.15, 0.2) is 17.2 Å². The van der Waals surface area contributed by atoms with Gasteiger partial charge in [0.1, 0.15) is 22.8 Å². The molecular weight excluding hydrogens is 530 g/mol. The van der Waals surface area contributed by atoms with E-state index in [1.807, 2.05) is 25.1 Å². The van der Waals surface area contributed by atoms with Crippen LogP contribution in [-0.2, 0) is 32.1 Å². The second kappa shape index (κ2) is 9.12. The minimum Gasteiger partial charge on any atom is -0.508 e. The highest BCUT2D eigenvalue weighted by Gasteiger charge is 2.64. The summed E-state index contributed by atoms with van der Waals surface area (Å²) in [6.07, 6.45) is 0.370. The number of phenolic OH excluding ortho intramolecular Hbond substituents is 1. The maximum atomic E-state index is 14.1. The number of hydrogen-bond acceptors (Lipinski definition) is 11. The molecular formula is C30H37N3O8. The minimum atomic E-state index is -2.57. The summed E-state index contributed by atoms with van der Waals surface area (Å²) < 4.78 is 5.37. The number of nitrogens with zero attached hydrogens (tertiary/aromatic N) is 3. The molecule has 0 unspecified atom stereocenters. The molecule has 2 heterocycles. The summed E-state index contributed by atoms with van der Waals surface area (Å²) in [6.45, 7) is 4.71. The van der Waals surface area contributed by atoms with Crippen LogP contribution in [0.2, 0.25) is 0 Å². The Bertz CT molecular complexity index is 1450. The van der Waals surface area contributed by atoms with Crippen LogP contribution >= 0.6 is 0 Å². The molecule has 2 saturated heterocycles. The molecule has 3 aliphatic carbocycles. The number of phenols is 1. The lowest BCUT2D eigenvalue weighted by atomic mass is 9.57. The summed E-state index contributed by atoms with van der Waals surface area (Å²) in [5.41, 5.74) is -0.895. The highest BCUT2D eigenvalue weighted by molar-refractivity contribution is 6.25. The van der Waals surface area contributed by atoms with E-state index in [1.165, 1.54) is 0 Å². The molecule has 220 valence electrons. The van der Waals surface area contributed by atoms with Gasteiger partial charge in [-0.05, 0) is 51.4 Å². The molecule has 0 aromatic heterocycles. The number of rotatable bonds is 5. The van der Waals surface area contributed by atoms with E-state index in [0.29, 0.717) is 17.7 Å². The maximum absolute atomic E-state index is 14.1. The summed E-state index contributed by atoms with van der Waals surface area (Å²) in [5, 5.41) is 46.1. The lowest BCUT2D eigenvalue weighted by Gasteiger charge is -2.55. The van der Waals surface area contributed by atoms with Crippen LogP contribution in [-0.4, -0.2) is 114 Å². The van der Waals surface area contributed by atoms with Crippen molar-refractivity contribution in [2.24, 2.45) is 17.3 Å². The summed E-state index contributed by atoms with van der Waals surface area (Å²) in [4.78, 5) is 45.5. The topological polar surface area (TPSA) is 151 Å². The van der Waals surface area contributed by atoms with Crippen molar-refractivity contribution in [1.29, 1.82) is 0 Å². The number of aromatic hydroxyl groups is 1. The molecule has 1 aromatic rings. The highest BCUT2D eigenvalue weighted by Crippen LogP contribution is 2.54. The Morgan fingerprint density at radius 2 is 1.78 bits per heavy atom. The van der Waals surface area contributed by atoms with Crippen LogP contribution in [0.1, 0.15) is 30.0 Å². The van der Waals surface area contributed by atoms with Gasteiger partial charge in [0.2, 0.25) is 5.78 Å². The average molecular weight is 568 g/mol. The van der Waals surface area contributed by atoms with Crippen LogP contribution in [0.3, 0.4) is 0 Å². The van der Waals surface area contributed by atoms with Gasteiger partial charge in [-0.1, -0.05) is 0 Å². The predicted molar refractivity (Wildman–Crippen MR) is 149 cm³/mol. The molecule has 11 heteroatoms. The van der Waals surface area contributed by atoms with Crippen LogP contribution in [0.4, 0.5) is 5.69 Å². The first kappa shape index (κ1) is 27.9. The lowest BCUT2D eigenvalue weighted by molar-refractivity contribution is -0.191. The third kappa shape index (κ3) is 3.75. The Hall–Kier alpha value is -3.25. The van der Waals surface area contributed by atoms with Crippen LogP contribution in [0.25, 0.3) is 5.76 Å². The zero-order chi connectivity index (χ0) is 29.8. The van der Waals surface area contributed by atoms with Crippen molar-refractivity contribution in [3.8, 4) is 5.75 Å². The Kier molecular flexibility index (Phi) is 6.21. The van der Waals surface area contributed by atoms with Gasteiger partial charge in [0.05, 0.1) is 24.8 Å². The van der Waals surface area contributed by atoms with Crippen molar-refractivity contribution in [3.63, 3.8) is 0 Å². The van der Waals surface area contributed by atoms with E-state index in [9.17, 15) is 34.8 Å². The minimum absolute atomic E-state index is 0.0955. The fraction of sp³-hybridized carbons (Fsp3) is 0.567. The largest absolute Gasteiger partial charge is 0.508 e. The number of aliphatic hydroxyl groups is 3. The smallest absolute Gasteiger partial charge is 0.202 e. The van der Waals surface area contributed by atoms with E-state index >= 15 is 0 Å². The van der Waals surface area contributed by atoms with Crippen molar-refractivity contribution in [2.45, 2.75) is 38.0 Å². The number of Topliss-reactive ketones (excluding diaryl/α,β-unsaturated/α-hetero) is 3. The van der Waals surface area contributed by atoms with E-state index < -0.39 is 57.9 Å². The summed E-state index contributed by atoms with van der Waals surface area (Å²) >= 11 is 0. The number of benzene rings is 1. The van der Waals surface area contributed by atoms with E-state index in [-0.39, 0.29) is 35.1 Å². The van der Waals surface area contributed by atoms with Gasteiger partial charge in [-0.3, -0.25) is 24.2 Å². The zero-order valence-corrected chi connectivity index (χ0v) is 24.0. The third-order valence-electron chi connectivity index (χ3n) is 9.69. The monoisotopic (exact) mass is 567 g/mol. The van der Waals surface area contributed by atoms with Crippen molar-refractivity contribution in [2.75, 3.05) is 59.4 Å². The van der Waals surface area contributed by atoms with Gasteiger partial charge in [0, 0.05) is 61.9 Å². The number of ketones is 3. The SMILES string of the molecule is CC(=O)C1=C(O)[C@@]2(O)C(=O)C3=C(O)c4c(O)c(CN5CC6(COC6)C5)cc(N(C)C)c4C[C@H]3C[C@H]2[C@H](N(C)C)C1=O. The number of ether oxygens (including phenoxy) is 1. The summed E-state index contributed by atoms with van der Waals surface area (Å²) in [6, 6.07) is 0.879. The Morgan fingerprint density at radius 3 is 2.32 bits per heavy atom. The maximum Gasteiger partial charge on any atom is 0.202 e. The quantitative estimate of drug-likeness (QED) is 0.377. The first-order valence-corrected chi connectivity index (χ1v) is 13.9. The number of hydrogen-bond donors (Lipinski definition) is 4. The second-order valence-electron chi connectivity index (χ2n) is 12.9. The van der Waals surface area contributed by atoms with E-state index in [4.69, 9.17) is 4.74 Å². The lowest BCUT2D eigenvalue weighted by Crippen LogP contribution is -2.65. The standard InChI is InChI=1S/C30H37N3O8/c1-14(34)20-26(37)23(32(4)5)18-7-15-6-17-19(31(2)3)8-16(9-33-10-29(11-33)12-41-13-29)24(35)22(17)25(36)21(15)28(39)30(18,40)27(20)38/h8,15,18,23,35-36,38,40H,6-7,9-13H2,1-5H3/t15-,18-,23-,30+/m0/s1. The average Bonchev–Trinajstić information content (AvgIpc) is 2.82. The Balaban J connectivity index is 1.47. The highest BCUT2D eigenvalue weighted by atomic mass is 16.5. The summed E-state index contributed by atoms with van der Waals surface area (Å²) in [7, 11) is 6.98. The number of carbonyl (C=O) groups excluding carboxylic acids is 3. The van der Waals surface area contributed by atoms with E-state index in [1.54, 1.807) is 19.0 Å². The number of likely N-dealkylation sites (tertiary alicyclic amines) is 1. The number of likely N-dealkylation sites (N-methyl/N-ethyl adjacent to an activating group) is 1. The predicted octanol–water partition coefficient (Wildman–Crippen LogP) is 0.966. The molecule has 2 aliphatic heterocycles. The zero-order valence-electron chi connectivity index (χ0n) is 24.0. The molecule has 41 heavy (non-hydrogen) atoms. The van der Waals surface area contributed by atoms with Gasteiger partial charge in [-0.15, -0.1) is 0 Å². The molecule has 1 aromatic carbocycles. The van der Waals surface area contributed by atoms with Crippen LogP contribution in [0.5, 0.6) is 5.75 Å². The van der Waals surface area contributed by atoms with Gasteiger partial charge >= 0.3 is 0 Å². The number of carbonyl (C=O) groups is 3.